The molecule has 7 aromatic rings. The van der Waals surface area contributed by atoms with Crippen molar-refractivity contribution >= 4 is 109 Å². The Morgan fingerprint density at radius 3 is 1.80 bits per heavy atom. The largest absolute Gasteiger partial charge is 0.375 e. The quantitative estimate of drug-likeness (QED) is 0.0680. The van der Waals surface area contributed by atoms with Gasteiger partial charge in [0.25, 0.3) is 11.8 Å². The van der Waals surface area contributed by atoms with Gasteiger partial charge in [0.1, 0.15) is 11.4 Å². The Balaban J connectivity index is 0.000000191. The van der Waals surface area contributed by atoms with Crippen molar-refractivity contribution in [1.29, 1.82) is 0 Å². The minimum Gasteiger partial charge on any atom is -0.375 e. The number of nitrogen functional groups attached to an aromatic ring is 2. The zero-order valence-corrected chi connectivity index (χ0v) is 38.9. The highest BCUT2D eigenvalue weighted by molar-refractivity contribution is 7.14. The first kappa shape index (κ1) is 48.1. The third-order valence-corrected chi connectivity index (χ3v) is 13.5. The van der Waals surface area contributed by atoms with Gasteiger partial charge in [-0.3, -0.25) is 9.59 Å². The lowest BCUT2D eigenvalue weighted by atomic mass is 9.91. The van der Waals surface area contributed by atoms with Crippen molar-refractivity contribution < 1.29 is 9.59 Å². The van der Waals surface area contributed by atoms with Crippen LogP contribution in [0.3, 0.4) is 0 Å². The molecule has 2 saturated carbocycles. The van der Waals surface area contributed by atoms with Gasteiger partial charge in [0, 0.05) is 63.2 Å². The molecule has 0 spiro atoms. The van der Waals surface area contributed by atoms with Crippen LogP contribution in [0.4, 0.5) is 22.2 Å². The summed E-state index contributed by atoms with van der Waals surface area (Å²) in [5, 5.41) is 19.3. The highest BCUT2D eigenvalue weighted by atomic mass is 35.5. The van der Waals surface area contributed by atoms with Gasteiger partial charge >= 0.3 is 0 Å². The fraction of sp³-hybridized carbons (Fsp3) is 0.304. The second kappa shape index (κ2) is 21.6. The SMILES string of the molecule is C.Cl.Nc1nc(C(=O)N[C@H]2CCC[C@@H](Nc3ncc(Cl)c(-c4c[nH]c5ccccc45)n3)C2)cs1.Nc1nc(C(=O)N[C@H]2CCC[C@@H](Nc3ncc(Cl)c(C4=CCc5ccccc54)n3)C2)cs1. The van der Waals surface area contributed by atoms with E-state index in [2.05, 4.69) is 64.4 Å². The van der Waals surface area contributed by atoms with E-state index in [9.17, 15) is 9.59 Å². The first-order valence-corrected chi connectivity index (χ1v) is 23.6. The number of benzene rings is 2. The zero-order chi connectivity index (χ0) is 44.2. The van der Waals surface area contributed by atoms with Gasteiger partial charge in [0.15, 0.2) is 10.3 Å². The van der Waals surface area contributed by atoms with E-state index < -0.39 is 0 Å². The molecule has 2 fully saturated rings. The Bertz CT molecular complexity index is 2850. The summed E-state index contributed by atoms with van der Waals surface area (Å²) in [5.74, 6) is 0.714. The minimum atomic E-state index is -0.187. The molecule has 66 heavy (non-hydrogen) atoms. The molecule has 0 bridgehead atoms. The van der Waals surface area contributed by atoms with E-state index in [1.165, 1.54) is 33.8 Å². The van der Waals surface area contributed by atoms with E-state index >= 15 is 0 Å². The number of nitrogens with two attached hydrogens (primary N) is 2. The lowest BCUT2D eigenvalue weighted by Crippen LogP contribution is -2.42. The summed E-state index contributed by atoms with van der Waals surface area (Å²) in [5.41, 5.74) is 18.9. The second-order valence-corrected chi connectivity index (χ2v) is 18.6. The Hall–Kier alpha value is -5.85. The number of allylic oxidation sites excluding steroid dienone is 1. The third kappa shape index (κ3) is 11.2. The van der Waals surface area contributed by atoms with Gasteiger partial charge in [-0.1, -0.05) is 79.2 Å². The van der Waals surface area contributed by atoms with Crippen molar-refractivity contribution in [1.82, 2.24) is 45.5 Å². The lowest BCUT2D eigenvalue weighted by molar-refractivity contribution is 0.0913. The van der Waals surface area contributed by atoms with E-state index in [4.69, 9.17) is 44.6 Å². The maximum Gasteiger partial charge on any atom is 0.271 e. The molecule has 2 aromatic carbocycles. The molecule has 9 N–H and O–H groups in total. The molecule has 3 aliphatic carbocycles. The summed E-state index contributed by atoms with van der Waals surface area (Å²) in [4.78, 5) is 54.5. The highest BCUT2D eigenvalue weighted by Gasteiger charge is 2.28. The van der Waals surface area contributed by atoms with Crippen LogP contribution in [0.2, 0.25) is 10.0 Å². The molecular weight excluding hydrogens is 937 g/mol. The van der Waals surface area contributed by atoms with E-state index in [1.54, 1.807) is 23.2 Å². The van der Waals surface area contributed by atoms with Crippen LogP contribution in [-0.4, -0.2) is 70.9 Å². The predicted molar refractivity (Wildman–Crippen MR) is 270 cm³/mol. The molecule has 5 aromatic heterocycles. The number of amides is 2. The van der Waals surface area contributed by atoms with Crippen molar-refractivity contribution in [2.75, 3.05) is 22.1 Å². The van der Waals surface area contributed by atoms with Crippen LogP contribution in [0, 0.1) is 0 Å². The normalized spacial score (nSPS) is 18.6. The van der Waals surface area contributed by atoms with Crippen molar-refractivity contribution in [2.45, 2.75) is 89.4 Å². The average molecular weight is 987 g/mol. The molecule has 10 rings (SSSR count). The van der Waals surface area contributed by atoms with E-state index in [-0.39, 0.29) is 55.8 Å². The van der Waals surface area contributed by atoms with E-state index in [0.29, 0.717) is 49.3 Å². The molecule has 0 saturated heterocycles. The molecule has 20 heteroatoms. The number of aromatic amines is 1. The number of hydrogen-bond donors (Lipinski definition) is 7. The first-order chi connectivity index (χ1) is 31.1. The number of hydrogen-bond acceptors (Lipinski definition) is 14. The molecule has 3 aliphatic rings. The number of H-pyrrole nitrogens is 1. The van der Waals surface area contributed by atoms with Gasteiger partial charge in [-0.25, -0.2) is 29.9 Å². The van der Waals surface area contributed by atoms with E-state index in [1.807, 2.05) is 42.6 Å². The van der Waals surface area contributed by atoms with Crippen LogP contribution >= 0.6 is 58.3 Å². The Morgan fingerprint density at radius 2 is 1.21 bits per heavy atom. The average Bonchev–Trinajstić information content (AvgIpc) is 4.13. The Morgan fingerprint density at radius 1 is 0.682 bits per heavy atom. The maximum absolute atomic E-state index is 12.4. The van der Waals surface area contributed by atoms with Gasteiger partial charge in [-0.2, -0.15) is 0 Å². The molecule has 0 aliphatic heterocycles. The van der Waals surface area contributed by atoms with Gasteiger partial charge in [-0.15, -0.1) is 35.1 Å². The number of carbonyl (C=O) groups is 2. The van der Waals surface area contributed by atoms with E-state index in [0.717, 1.165) is 85.5 Å². The van der Waals surface area contributed by atoms with Crippen LogP contribution in [0.25, 0.3) is 27.7 Å². The molecule has 2 amide bonds. The van der Waals surface area contributed by atoms with Crippen LogP contribution in [-0.2, 0) is 6.42 Å². The number of nitrogens with zero attached hydrogens (tertiary/aromatic N) is 6. The van der Waals surface area contributed by atoms with Crippen molar-refractivity contribution in [3.05, 3.63) is 122 Å². The van der Waals surface area contributed by atoms with Gasteiger partial charge in [0.05, 0.1) is 33.8 Å². The van der Waals surface area contributed by atoms with Gasteiger partial charge in [0.2, 0.25) is 11.9 Å². The maximum atomic E-state index is 12.4. The fourth-order valence-corrected chi connectivity index (χ4v) is 10.1. The summed E-state index contributed by atoms with van der Waals surface area (Å²) in [6, 6.07) is 16.8. The molecule has 0 radical (unpaired) electrons. The van der Waals surface area contributed by atoms with Gasteiger partial charge < -0.3 is 37.7 Å². The minimum absolute atomic E-state index is 0. The number of carbonyl (C=O) groups excluding carboxylic acids is 2. The Kier molecular flexibility index (Phi) is 15.8. The number of halogens is 3. The second-order valence-electron chi connectivity index (χ2n) is 16.0. The molecule has 15 nitrogen and oxygen atoms in total. The third-order valence-electron chi connectivity index (χ3n) is 11.6. The van der Waals surface area contributed by atoms with Crippen molar-refractivity contribution in [3.8, 4) is 11.3 Å². The van der Waals surface area contributed by atoms with Gasteiger partial charge in [-0.05, 0) is 75.0 Å². The summed E-state index contributed by atoms with van der Waals surface area (Å²) >= 11 is 15.4. The molecular formula is C46H50Cl3N13O2S2. The predicted octanol–water partition coefficient (Wildman–Crippen LogP) is 9.84. The lowest BCUT2D eigenvalue weighted by Gasteiger charge is -2.30. The molecule has 5 heterocycles. The molecule has 0 unspecified atom stereocenters. The first-order valence-electron chi connectivity index (χ1n) is 21.1. The van der Waals surface area contributed by atoms with Crippen molar-refractivity contribution in [3.63, 3.8) is 0 Å². The smallest absolute Gasteiger partial charge is 0.271 e. The number of anilines is 4. The zero-order valence-electron chi connectivity index (χ0n) is 34.9. The summed E-state index contributed by atoms with van der Waals surface area (Å²) in [6.07, 6.45) is 15.6. The number of nitrogens with one attached hydrogen (secondary N) is 5. The molecule has 344 valence electrons. The van der Waals surface area contributed by atoms with Crippen LogP contribution in [0.5, 0.6) is 0 Å². The summed E-state index contributed by atoms with van der Waals surface area (Å²) < 4.78 is 0. The molecule has 4 atom stereocenters. The fourth-order valence-electron chi connectivity index (χ4n) is 8.60. The monoisotopic (exact) mass is 985 g/mol. The number of para-hydroxylation sites is 1. The summed E-state index contributed by atoms with van der Waals surface area (Å²) in [7, 11) is 0. The summed E-state index contributed by atoms with van der Waals surface area (Å²) in [6.45, 7) is 0. The number of fused-ring (bicyclic) bond motifs is 2. The Labute approximate surface area is 406 Å². The van der Waals surface area contributed by atoms with Crippen LogP contribution in [0.1, 0.15) is 96.6 Å². The highest BCUT2D eigenvalue weighted by Crippen LogP contribution is 2.36. The van der Waals surface area contributed by atoms with Crippen LogP contribution in [0.15, 0.2) is 84.0 Å². The number of rotatable bonds is 10. The number of aromatic nitrogens is 7. The van der Waals surface area contributed by atoms with Crippen molar-refractivity contribution in [2.24, 2.45) is 0 Å². The standard InChI is InChI=1S/C23H23ClN6OS.C22H22ClN7OS.CH4.ClH/c24-18-11-26-23(30-20(18)17-9-8-13-4-1-2-7-16(13)17)28-15-6-3-5-14(10-15)27-21(31)19-12-32-22(25)29-19;23-16-10-26-22(30-19(16)15-9-25-17-7-2-1-6-14(15)17)28-13-5-3-4-12(8-13)27-20(31)18-11-32-21(24)29-18;;/h1-2,4,7,9,11-12,14-15H,3,5-6,8,10H2,(H2,25,29)(H,27,31)(H,26,28,30);1-2,6-7,9-13,25H,3-5,8H2,(H2,24,29)(H,27,31)(H,26,28,30);1H4;1H/t14-,15+;12-,13+;;/m00../s1. The van der Waals surface area contributed by atoms with Crippen LogP contribution < -0.4 is 32.7 Å². The number of thiazole rings is 2. The topological polar surface area (TPSA) is 227 Å².